The molecule has 0 fully saturated rings. The first-order valence-electron chi connectivity index (χ1n) is 6.64. The smallest absolute Gasteiger partial charge is 0.0589 e. The average molecular weight is 246 g/mol. The van der Waals surface area contributed by atoms with Gasteiger partial charge in [-0.3, -0.25) is 0 Å². The Labute approximate surface area is 106 Å². The van der Waals surface area contributed by atoms with Crippen LogP contribution in [0, 0.1) is 5.92 Å². The van der Waals surface area contributed by atoms with Crippen molar-refractivity contribution in [1.82, 2.24) is 4.90 Å². The molecule has 0 bridgehead atoms. The Balaban J connectivity index is 3.67. The first-order chi connectivity index (χ1) is 8.24. The van der Waals surface area contributed by atoms with E-state index in [1.807, 2.05) is 0 Å². The summed E-state index contributed by atoms with van der Waals surface area (Å²) < 4.78 is 10.2. The van der Waals surface area contributed by atoms with Crippen molar-refractivity contribution in [2.75, 3.05) is 53.6 Å². The molecule has 0 aliphatic carbocycles. The van der Waals surface area contributed by atoms with Gasteiger partial charge in [0.15, 0.2) is 0 Å². The third-order valence-electron chi connectivity index (χ3n) is 3.01. The van der Waals surface area contributed by atoms with Gasteiger partial charge in [0, 0.05) is 33.9 Å². The fraction of sp³-hybridized carbons (Fsp3) is 1.00. The Morgan fingerprint density at radius 2 is 1.65 bits per heavy atom. The number of methoxy groups -OCH3 is 2. The van der Waals surface area contributed by atoms with Crippen LogP contribution in [0.2, 0.25) is 0 Å². The monoisotopic (exact) mass is 246 g/mol. The molecular weight excluding hydrogens is 216 g/mol. The molecule has 0 saturated carbocycles. The predicted molar refractivity (Wildman–Crippen MR) is 72.3 cm³/mol. The molecule has 1 atom stereocenters. The van der Waals surface area contributed by atoms with E-state index in [1.165, 1.54) is 12.8 Å². The topological polar surface area (TPSA) is 47.7 Å². The maximum absolute atomic E-state index is 5.62. The van der Waals surface area contributed by atoms with Gasteiger partial charge in [-0.05, 0) is 38.3 Å². The van der Waals surface area contributed by atoms with E-state index < -0.39 is 0 Å². The van der Waals surface area contributed by atoms with Gasteiger partial charge in [0.05, 0.1) is 6.61 Å². The van der Waals surface area contributed by atoms with Gasteiger partial charge in [0.25, 0.3) is 0 Å². The fourth-order valence-corrected chi connectivity index (χ4v) is 1.77. The molecule has 0 saturated heterocycles. The second-order valence-electron chi connectivity index (χ2n) is 4.66. The van der Waals surface area contributed by atoms with Crippen molar-refractivity contribution in [3.8, 4) is 0 Å². The highest BCUT2D eigenvalue weighted by Crippen LogP contribution is 2.05. The minimum absolute atomic E-state index is 0.637. The van der Waals surface area contributed by atoms with Crippen LogP contribution < -0.4 is 5.73 Å². The Kier molecular flexibility index (Phi) is 12.2. The third kappa shape index (κ3) is 10.7. The predicted octanol–water partition coefficient (Wildman–Crippen LogP) is 1.35. The molecule has 0 aromatic heterocycles. The molecule has 0 rings (SSSR count). The van der Waals surface area contributed by atoms with E-state index in [0.29, 0.717) is 5.92 Å². The molecule has 0 amide bonds. The number of nitrogens with zero attached hydrogens (tertiary/aromatic N) is 1. The molecule has 4 nitrogen and oxygen atoms in total. The van der Waals surface area contributed by atoms with Gasteiger partial charge >= 0.3 is 0 Å². The van der Waals surface area contributed by atoms with Crippen molar-refractivity contribution >= 4 is 0 Å². The summed E-state index contributed by atoms with van der Waals surface area (Å²) >= 11 is 0. The number of nitrogens with two attached hydrogens (primary N) is 1. The van der Waals surface area contributed by atoms with Gasteiger partial charge in [-0.15, -0.1) is 0 Å². The highest BCUT2D eigenvalue weighted by molar-refractivity contribution is 4.60. The van der Waals surface area contributed by atoms with Crippen LogP contribution in [-0.2, 0) is 9.47 Å². The zero-order valence-electron chi connectivity index (χ0n) is 11.8. The second-order valence-corrected chi connectivity index (χ2v) is 4.66. The molecule has 0 aromatic carbocycles. The molecule has 2 N–H and O–H groups in total. The van der Waals surface area contributed by atoms with Gasteiger partial charge in [-0.2, -0.15) is 0 Å². The van der Waals surface area contributed by atoms with Crippen LogP contribution in [0.15, 0.2) is 0 Å². The van der Waals surface area contributed by atoms with Gasteiger partial charge < -0.3 is 20.1 Å². The maximum Gasteiger partial charge on any atom is 0.0589 e. The average Bonchev–Trinajstić information content (AvgIpc) is 2.35. The lowest BCUT2D eigenvalue weighted by atomic mass is 10.1. The zero-order chi connectivity index (χ0) is 12.9. The minimum atomic E-state index is 0.637. The lowest BCUT2D eigenvalue weighted by Crippen LogP contribution is -2.30. The summed E-state index contributed by atoms with van der Waals surface area (Å²) in [5.41, 5.74) is 5.62. The maximum atomic E-state index is 5.62. The summed E-state index contributed by atoms with van der Waals surface area (Å²) in [7, 11) is 3.51. The summed E-state index contributed by atoms with van der Waals surface area (Å²) in [4.78, 5) is 2.45. The number of ether oxygens (including phenoxy) is 2. The lowest BCUT2D eigenvalue weighted by Gasteiger charge is -2.22. The zero-order valence-corrected chi connectivity index (χ0v) is 11.8. The molecular formula is C13H30N2O2. The number of hydrogen-bond donors (Lipinski definition) is 1. The Bertz CT molecular complexity index is 156. The van der Waals surface area contributed by atoms with E-state index in [4.69, 9.17) is 15.2 Å². The summed E-state index contributed by atoms with van der Waals surface area (Å²) in [5.74, 6) is 0.637. The van der Waals surface area contributed by atoms with Crippen molar-refractivity contribution in [2.45, 2.75) is 26.2 Å². The van der Waals surface area contributed by atoms with Gasteiger partial charge in [0.2, 0.25) is 0 Å². The second kappa shape index (κ2) is 12.3. The molecule has 0 aliphatic heterocycles. The number of hydrogen-bond acceptors (Lipinski definition) is 4. The molecule has 0 radical (unpaired) electrons. The summed E-state index contributed by atoms with van der Waals surface area (Å²) in [6.45, 7) is 7.89. The third-order valence-corrected chi connectivity index (χ3v) is 3.01. The summed E-state index contributed by atoms with van der Waals surface area (Å²) in [6.07, 6.45) is 3.52. The van der Waals surface area contributed by atoms with Crippen LogP contribution >= 0.6 is 0 Å². The minimum Gasteiger partial charge on any atom is -0.385 e. The van der Waals surface area contributed by atoms with E-state index in [1.54, 1.807) is 14.2 Å². The quantitative estimate of drug-likeness (QED) is 0.528. The van der Waals surface area contributed by atoms with E-state index in [0.717, 1.165) is 45.8 Å². The Morgan fingerprint density at radius 3 is 2.24 bits per heavy atom. The molecule has 104 valence electrons. The first kappa shape index (κ1) is 16.8. The van der Waals surface area contributed by atoms with Crippen LogP contribution in [0.4, 0.5) is 0 Å². The normalized spacial score (nSPS) is 13.2. The lowest BCUT2D eigenvalue weighted by molar-refractivity contribution is 0.131. The number of rotatable bonds is 12. The molecule has 0 aromatic rings. The van der Waals surface area contributed by atoms with Crippen LogP contribution in [0.25, 0.3) is 0 Å². The molecule has 17 heavy (non-hydrogen) atoms. The van der Waals surface area contributed by atoms with Crippen molar-refractivity contribution in [1.29, 1.82) is 0 Å². The first-order valence-corrected chi connectivity index (χ1v) is 6.64. The van der Waals surface area contributed by atoms with Crippen molar-refractivity contribution in [3.63, 3.8) is 0 Å². The van der Waals surface area contributed by atoms with E-state index in [-0.39, 0.29) is 0 Å². The fourth-order valence-electron chi connectivity index (χ4n) is 1.77. The Morgan fingerprint density at radius 1 is 1.00 bits per heavy atom. The van der Waals surface area contributed by atoms with Crippen molar-refractivity contribution in [2.24, 2.45) is 11.7 Å². The highest BCUT2D eigenvalue weighted by atomic mass is 16.5. The summed E-state index contributed by atoms with van der Waals surface area (Å²) in [5, 5.41) is 0. The van der Waals surface area contributed by atoms with E-state index >= 15 is 0 Å². The molecule has 0 aliphatic rings. The largest absolute Gasteiger partial charge is 0.385 e. The van der Waals surface area contributed by atoms with Crippen molar-refractivity contribution in [3.05, 3.63) is 0 Å². The standard InChI is InChI=1S/C13H30N2O2/c1-13(12-14)6-4-7-15(9-11-17-3)8-5-10-16-2/h13H,4-12,14H2,1-3H3. The Hall–Kier alpha value is -0.160. The van der Waals surface area contributed by atoms with Crippen LogP contribution in [0.1, 0.15) is 26.2 Å². The van der Waals surface area contributed by atoms with Gasteiger partial charge in [-0.1, -0.05) is 6.92 Å². The molecule has 0 heterocycles. The van der Waals surface area contributed by atoms with Crippen LogP contribution in [0.5, 0.6) is 0 Å². The SMILES string of the molecule is COCCCN(CCCC(C)CN)CCOC. The van der Waals surface area contributed by atoms with E-state index in [2.05, 4.69) is 11.8 Å². The van der Waals surface area contributed by atoms with E-state index in [9.17, 15) is 0 Å². The van der Waals surface area contributed by atoms with Crippen LogP contribution in [0.3, 0.4) is 0 Å². The summed E-state index contributed by atoms with van der Waals surface area (Å²) in [6, 6.07) is 0. The van der Waals surface area contributed by atoms with Crippen LogP contribution in [-0.4, -0.2) is 58.5 Å². The molecule has 1 unspecified atom stereocenters. The van der Waals surface area contributed by atoms with Gasteiger partial charge in [0.1, 0.15) is 0 Å². The van der Waals surface area contributed by atoms with Gasteiger partial charge in [-0.25, -0.2) is 0 Å². The highest BCUT2D eigenvalue weighted by Gasteiger charge is 2.05. The van der Waals surface area contributed by atoms with Crippen molar-refractivity contribution < 1.29 is 9.47 Å². The molecule has 0 spiro atoms. The molecule has 4 heteroatoms.